The van der Waals surface area contributed by atoms with Crippen LogP contribution in [-0.2, 0) is 7.05 Å². The van der Waals surface area contributed by atoms with Gasteiger partial charge >= 0.3 is 0 Å². The van der Waals surface area contributed by atoms with Gasteiger partial charge in [-0.2, -0.15) is 0 Å². The summed E-state index contributed by atoms with van der Waals surface area (Å²) in [4.78, 5) is 8.87. The lowest BCUT2D eigenvalue weighted by molar-refractivity contribution is 0.189. The summed E-state index contributed by atoms with van der Waals surface area (Å²) in [5.41, 5.74) is 1.12. The van der Waals surface area contributed by atoms with Gasteiger partial charge in [0.25, 0.3) is 0 Å². The molecule has 0 amide bonds. The van der Waals surface area contributed by atoms with Gasteiger partial charge in [-0.3, -0.25) is 4.90 Å². The van der Waals surface area contributed by atoms with E-state index < -0.39 is 6.10 Å². The molecule has 0 radical (unpaired) electrons. The normalized spacial score (nSPS) is 20.5. The molecule has 1 saturated carbocycles. The van der Waals surface area contributed by atoms with Gasteiger partial charge in [-0.25, -0.2) is 9.37 Å². The molecule has 1 atom stereocenters. The molecule has 1 aliphatic carbocycles. The van der Waals surface area contributed by atoms with E-state index in [1.165, 1.54) is 44.7 Å². The van der Waals surface area contributed by atoms with Crippen molar-refractivity contribution in [3.63, 3.8) is 0 Å². The molecular formula is C22H31FN4O. The first-order valence-corrected chi connectivity index (χ1v) is 10.5. The number of nitrogens with zero attached hydrogens (tertiary/aromatic N) is 4. The first kappa shape index (κ1) is 19.4. The standard InChI is InChI=1S/C22H31FN4O/c1-25-11-10-24-22(25)21(28)18-8-5-9-19(23)20(18)27-14-12-26(13-15-27)16-17-6-3-2-4-7-17/h5,8-11,17,21,28H,2-4,6-7,12-16H2,1H3/t21-/m1/s1. The Morgan fingerprint density at radius 1 is 1.14 bits per heavy atom. The highest BCUT2D eigenvalue weighted by Gasteiger charge is 2.27. The molecule has 2 heterocycles. The number of rotatable bonds is 5. The van der Waals surface area contributed by atoms with Crippen molar-refractivity contribution in [1.82, 2.24) is 14.5 Å². The molecule has 6 heteroatoms. The van der Waals surface area contributed by atoms with Gasteiger partial charge < -0.3 is 14.6 Å². The highest BCUT2D eigenvalue weighted by molar-refractivity contribution is 5.57. The Labute approximate surface area is 166 Å². The number of aryl methyl sites for hydroxylation is 1. The fourth-order valence-electron chi connectivity index (χ4n) is 4.75. The van der Waals surface area contributed by atoms with Gasteiger partial charge in [0.2, 0.25) is 0 Å². The van der Waals surface area contributed by atoms with Crippen LogP contribution in [0.2, 0.25) is 0 Å². The van der Waals surface area contributed by atoms with Crippen molar-refractivity contribution in [3.05, 3.63) is 47.8 Å². The van der Waals surface area contributed by atoms with Gasteiger partial charge in [-0.1, -0.05) is 31.4 Å². The van der Waals surface area contributed by atoms with E-state index in [2.05, 4.69) is 14.8 Å². The van der Waals surface area contributed by atoms with Gasteiger partial charge in [-0.15, -0.1) is 0 Å². The van der Waals surface area contributed by atoms with Crippen LogP contribution in [0.1, 0.15) is 49.6 Å². The minimum atomic E-state index is -0.939. The third kappa shape index (κ3) is 4.08. The summed E-state index contributed by atoms with van der Waals surface area (Å²) >= 11 is 0. The van der Waals surface area contributed by atoms with E-state index in [0.717, 1.165) is 32.1 Å². The van der Waals surface area contributed by atoms with Crippen LogP contribution in [0, 0.1) is 11.7 Å². The summed E-state index contributed by atoms with van der Waals surface area (Å²) in [7, 11) is 1.84. The van der Waals surface area contributed by atoms with Crippen molar-refractivity contribution in [3.8, 4) is 0 Å². The first-order valence-electron chi connectivity index (χ1n) is 10.5. The summed E-state index contributed by atoms with van der Waals surface area (Å²) in [5.74, 6) is 1.09. The van der Waals surface area contributed by atoms with Gasteiger partial charge in [0.05, 0.1) is 5.69 Å². The van der Waals surface area contributed by atoms with Crippen LogP contribution >= 0.6 is 0 Å². The number of aliphatic hydroxyl groups excluding tert-OH is 1. The second kappa shape index (κ2) is 8.62. The summed E-state index contributed by atoms with van der Waals surface area (Å²) in [6.45, 7) is 4.64. The molecule has 4 rings (SSSR count). The molecule has 1 saturated heterocycles. The fraction of sp³-hybridized carbons (Fsp3) is 0.591. The Hall–Kier alpha value is -1.92. The maximum Gasteiger partial charge on any atom is 0.146 e. The zero-order valence-corrected chi connectivity index (χ0v) is 16.7. The molecule has 2 fully saturated rings. The van der Waals surface area contributed by atoms with Crippen molar-refractivity contribution >= 4 is 5.69 Å². The molecule has 5 nitrogen and oxygen atoms in total. The van der Waals surface area contributed by atoms with Crippen LogP contribution in [0.3, 0.4) is 0 Å². The predicted molar refractivity (Wildman–Crippen MR) is 109 cm³/mol. The Kier molecular flexibility index (Phi) is 5.97. The van der Waals surface area contributed by atoms with Crippen molar-refractivity contribution in [2.45, 2.75) is 38.2 Å². The number of anilines is 1. The summed E-state index contributed by atoms with van der Waals surface area (Å²) < 4.78 is 16.6. The molecule has 1 aromatic carbocycles. The van der Waals surface area contributed by atoms with Gasteiger partial charge in [-0.05, 0) is 24.8 Å². The van der Waals surface area contributed by atoms with Crippen LogP contribution < -0.4 is 4.90 Å². The van der Waals surface area contributed by atoms with Gasteiger partial charge in [0.15, 0.2) is 0 Å². The van der Waals surface area contributed by atoms with Gasteiger partial charge in [0, 0.05) is 57.7 Å². The number of imidazole rings is 1. The maximum atomic E-state index is 14.8. The van der Waals surface area contributed by atoms with E-state index in [4.69, 9.17) is 0 Å². The third-order valence-corrected chi connectivity index (χ3v) is 6.35. The second-order valence-electron chi connectivity index (χ2n) is 8.27. The Balaban J connectivity index is 1.47. The zero-order chi connectivity index (χ0) is 19.5. The Bertz CT molecular complexity index is 779. The molecule has 1 aromatic heterocycles. The van der Waals surface area contributed by atoms with E-state index in [-0.39, 0.29) is 5.82 Å². The third-order valence-electron chi connectivity index (χ3n) is 6.35. The number of benzene rings is 1. The molecule has 1 aliphatic heterocycles. The topological polar surface area (TPSA) is 44.5 Å². The second-order valence-corrected chi connectivity index (χ2v) is 8.27. The minimum Gasteiger partial charge on any atom is -0.380 e. The first-order chi connectivity index (χ1) is 13.6. The van der Waals surface area contributed by atoms with Crippen LogP contribution in [0.5, 0.6) is 0 Å². The maximum absolute atomic E-state index is 14.8. The molecule has 0 spiro atoms. The van der Waals surface area contributed by atoms with E-state index in [0.29, 0.717) is 17.1 Å². The Morgan fingerprint density at radius 2 is 1.89 bits per heavy atom. The van der Waals surface area contributed by atoms with E-state index in [9.17, 15) is 9.50 Å². The number of hydrogen-bond donors (Lipinski definition) is 1. The van der Waals surface area contributed by atoms with E-state index in [1.54, 1.807) is 23.0 Å². The smallest absolute Gasteiger partial charge is 0.146 e. The number of para-hydroxylation sites is 1. The summed E-state index contributed by atoms with van der Waals surface area (Å²) in [5, 5.41) is 10.9. The lowest BCUT2D eigenvalue weighted by atomic mass is 9.89. The number of hydrogen-bond acceptors (Lipinski definition) is 4. The predicted octanol–water partition coefficient (Wildman–Crippen LogP) is 3.34. The number of halogens is 1. The molecule has 1 N–H and O–H groups in total. The monoisotopic (exact) mass is 386 g/mol. The van der Waals surface area contributed by atoms with Crippen LogP contribution in [-0.4, -0.2) is 52.3 Å². The van der Waals surface area contributed by atoms with Gasteiger partial charge in [0.1, 0.15) is 17.7 Å². The molecule has 2 aromatic rings. The largest absolute Gasteiger partial charge is 0.380 e. The highest BCUT2D eigenvalue weighted by atomic mass is 19.1. The molecule has 0 unspecified atom stereocenters. The quantitative estimate of drug-likeness (QED) is 0.856. The van der Waals surface area contributed by atoms with Crippen LogP contribution in [0.4, 0.5) is 10.1 Å². The van der Waals surface area contributed by atoms with E-state index in [1.807, 2.05) is 13.1 Å². The minimum absolute atomic E-state index is 0.272. The summed E-state index contributed by atoms with van der Waals surface area (Å²) in [6, 6.07) is 4.96. The lowest BCUT2D eigenvalue weighted by Gasteiger charge is -2.39. The molecule has 2 aliphatic rings. The number of aliphatic hydroxyl groups is 1. The van der Waals surface area contributed by atoms with Crippen molar-refractivity contribution in [2.24, 2.45) is 13.0 Å². The fourth-order valence-corrected chi connectivity index (χ4v) is 4.75. The summed E-state index contributed by atoms with van der Waals surface area (Å²) in [6.07, 6.45) is 9.34. The Morgan fingerprint density at radius 3 is 2.57 bits per heavy atom. The molecular weight excluding hydrogens is 355 g/mol. The van der Waals surface area contributed by atoms with Crippen LogP contribution in [0.25, 0.3) is 0 Å². The van der Waals surface area contributed by atoms with Crippen molar-refractivity contribution in [1.29, 1.82) is 0 Å². The lowest BCUT2D eigenvalue weighted by Crippen LogP contribution is -2.48. The number of aromatic nitrogens is 2. The zero-order valence-electron chi connectivity index (χ0n) is 16.7. The average Bonchev–Trinajstić information content (AvgIpc) is 3.15. The average molecular weight is 387 g/mol. The highest BCUT2D eigenvalue weighted by Crippen LogP contribution is 2.33. The van der Waals surface area contributed by atoms with Crippen LogP contribution in [0.15, 0.2) is 30.6 Å². The molecule has 28 heavy (non-hydrogen) atoms. The van der Waals surface area contributed by atoms with Crippen molar-refractivity contribution in [2.75, 3.05) is 37.6 Å². The molecule has 0 bridgehead atoms. The molecule has 152 valence electrons. The SMILES string of the molecule is Cn1ccnc1[C@H](O)c1cccc(F)c1N1CCN(CC2CCCCC2)CC1. The number of piperazine rings is 1. The van der Waals surface area contributed by atoms with E-state index >= 15 is 0 Å². The van der Waals surface area contributed by atoms with Crippen molar-refractivity contribution < 1.29 is 9.50 Å².